The lowest BCUT2D eigenvalue weighted by Crippen LogP contribution is -2.46. The van der Waals surface area contributed by atoms with Gasteiger partial charge in [0.05, 0.1) is 13.2 Å². The van der Waals surface area contributed by atoms with E-state index in [1.807, 2.05) is 13.8 Å². The normalized spacial score (nSPS) is 12.0. The smallest absolute Gasteiger partial charge is 0.379 e. The second kappa shape index (κ2) is 12.1. The Kier molecular flexibility index (Phi) is 12.1. The van der Waals surface area contributed by atoms with Crippen molar-refractivity contribution in [2.75, 3.05) is 33.0 Å². The molecule has 0 saturated heterocycles. The fourth-order valence-corrected chi connectivity index (χ4v) is 4.42. The van der Waals surface area contributed by atoms with Crippen LogP contribution in [-0.4, -0.2) is 41.8 Å². The molecule has 0 aliphatic rings. The standard InChI is InChI=1S/C13H30O4Si/c1-5-9-13-18(15-7-3,16-8-4)17-12-11-14-10-6-2/h5-13H2,1-4H3. The molecular formula is C13H30O4Si. The average molecular weight is 278 g/mol. The van der Waals surface area contributed by atoms with Crippen molar-refractivity contribution in [3.05, 3.63) is 0 Å². The molecule has 0 aromatic heterocycles. The molecule has 0 rings (SSSR count). The first kappa shape index (κ1) is 18.1. The van der Waals surface area contributed by atoms with Gasteiger partial charge in [0.25, 0.3) is 0 Å². The third kappa shape index (κ3) is 8.21. The minimum atomic E-state index is -2.46. The van der Waals surface area contributed by atoms with E-state index in [0.717, 1.165) is 31.9 Å². The molecule has 0 aliphatic carbocycles. The van der Waals surface area contributed by atoms with Crippen LogP contribution in [0, 0.1) is 0 Å². The van der Waals surface area contributed by atoms with E-state index in [-0.39, 0.29) is 0 Å². The Hall–Kier alpha value is 0.0569. The van der Waals surface area contributed by atoms with Crippen LogP contribution in [0.5, 0.6) is 0 Å². The highest BCUT2D eigenvalue weighted by molar-refractivity contribution is 6.60. The third-order valence-electron chi connectivity index (χ3n) is 2.46. The quantitative estimate of drug-likeness (QED) is 0.383. The number of unbranched alkanes of at least 4 members (excludes halogenated alkanes) is 1. The predicted molar refractivity (Wildman–Crippen MR) is 75.8 cm³/mol. The summed E-state index contributed by atoms with van der Waals surface area (Å²) in [6, 6.07) is 0.902. The fourth-order valence-electron chi connectivity index (χ4n) is 1.68. The molecule has 4 nitrogen and oxygen atoms in total. The Morgan fingerprint density at radius 1 is 0.722 bits per heavy atom. The molecule has 18 heavy (non-hydrogen) atoms. The van der Waals surface area contributed by atoms with E-state index in [4.69, 9.17) is 18.0 Å². The molecule has 0 radical (unpaired) electrons. The second-order valence-electron chi connectivity index (χ2n) is 4.11. The Labute approximate surface area is 113 Å². The molecule has 0 unspecified atom stereocenters. The molecule has 0 aromatic carbocycles. The number of rotatable bonds is 13. The largest absolute Gasteiger partial charge is 0.501 e. The topological polar surface area (TPSA) is 36.9 Å². The molecule has 0 spiro atoms. The highest BCUT2D eigenvalue weighted by Crippen LogP contribution is 2.19. The number of hydrogen-bond donors (Lipinski definition) is 0. The molecule has 0 fully saturated rings. The maximum absolute atomic E-state index is 5.93. The summed E-state index contributed by atoms with van der Waals surface area (Å²) in [5.74, 6) is 0. The van der Waals surface area contributed by atoms with Gasteiger partial charge in [0.15, 0.2) is 0 Å². The molecule has 0 atom stereocenters. The van der Waals surface area contributed by atoms with Crippen molar-refractivity contribution in [2.24, 2.45) is 0 Å². The highest BCUT2D eigenvalue weighted by Gasteiger charge is 2.39. The van der Waals surface area contributed by atoms with Crippen LogP contribution in [-0.2, 0) is 18.0 Å². The number of hydrogen-bond acceptors (Lipinski definition) is 4. The second-order valence-corrected chi connectivity index (χ2v) is 6.85. The highest BCUT2D eigenvalue weighted by atomic mass is 28.4. The van der Waals surface area contributed by atoms with E-state index >= 15 is 0 Å². The summed E-state index contributed by atoms with van der Waals surface area (Å²) in [4.78, 5) is 0. The Bertz CT molecular complexity index is 172. The number of ether oxygens (including phenoxy) is 1. The summed E-state index contributed by atoms with van der Waals surface area (Å²) < 4.78 is 23.0. The van der Waals surface area contributed by atoms with Gasteiger partial charge < -0.3 is 18.0 Å². The van der Waals surface area contributed by atoms with Crippen LogP contribution in [0.1, 0.15) is 47.0 Å². The van der Waals surface area contributed by atoms with E-state index in [1.165, 1.54) is 0 Å². The molecule has 0 aliphatic heterocycles. The van der Waals surface area contributed by atoms with Crippen LogP contribution >= 0.6 is 0 Å². The lowest BCUT2D eigenvalue weighted by molar-refractivity contribution is 0.0338. The van der Waals surface area contributed by atoms with Crippen molar-refractivity contribution < 1.29 is 18.0 Å². The van der Waals surface area contributed by atoms with Gasteiger partial charge in [0.2, 0.25) is 0 Å². The van der Waals surface area contributed by atoms with Crippen LogP contribution in [0.15, 0.2) is 0 Å². The summed E-state index contributed by atoms with van der Waals surface area (Å²) in [6.07, 6.45) is 3.25. The van der Waals surface area contributed by atoms with Gasteiger partial charge in [-0.05, 0) is 26.7 Å². The first-order chi connectivity index (χ1) is 8.74. The van der Waals surface area contributed by atoms with Crippen molar-refractivity contribution in [3.8, 4) is 0 Å². The van der Waals surface area contributed by atoms with Gasteiger partial charge in [0.1, 0.15) is 0 Å². The van der Waals surface area contributed by atoms with Crippen molar-refractivity contribution in [1.82, 2.24) is 0 Å². The summed E-state index contributed by atoms with van der Waals surface area (Å²) in [6.45, 7) is 11.5. The molecule has 0 N–H and O–H groups in total. The zero-order valence-corrected chi connectivity index (χ0v) is 13.5. The average Bonchev–Trinajstić information content (AvgIpc) is 2.37. The molecule has 0 heterocycles. The van der Waals surface area contributed by atoms with Crippen LogP contribution in [0.3, 0.4) is 0 Å². The van der Waals surface area contributed by atoms with Crippen LogP contribution in [0.25, 0.3) is 0 Å². The Morgan fingerprint density at radius 3 is 1.89 bits per heavy atom. The van der Waals surface area contributed by atoms with Crippen molar-refractivity contribution in [3.63, 3.8) is 0 Å². The first-order valence-corrected chi connectivity index (χ1v) is 9.17. The van der Waals surface area contributed by atoms with E-state index in [0.29, 0.717) is 26.4 Å². The maximum atomic E-state index is 5.93. The van der Waals surface area contributed by atoms with Crippen LogP contribution in [0.4, 0.5) is 0 Å². The monoisotopic (exact) mass is 278 g/mol. The summed E-state index contributed by atoms with van der Waals surface area (Å²) in [5.41, 5.74) is 0. The summed E-state index contributed by atoms with van der Waals surface area (Å²) in [7, 11) is -2.46. The van der Waals surface area contributed by atoms with Gasteiger partial charge in [-0.2, -0.15) is 0 Å². The lowest BCUT2D eigenvalue weighted by Gasteiger charge is -2.28. The van der Waals surface area contributed by atoms with Gasteiger partial charge in [-0.15, -0.1) is 0 Å². The first-order valence-electron chi connectivity index (χ1n) is 7.24. The maximum Gasteiger partial charge on any atom is 0.501 e. The van der Waals surface area contributed by atoms with Crippen LogP contribution in [0.2, 0.25) is 6.04 Å². The molecule has 110 valence electrons. The van der Waals surface area contributed by atoms with E-state index in [2.05, 4.69) is 13.8 Å². The van der Waals surface area contributed by atoms with Gasteiger partial charge in [-0.25, -0.2) is 0 Å². The molecule has 0 amide bonds. The van der Waals surface area contributed by atoms with Gasteiger partial charge in [-0.3, -0.25) is 0 Å². The third-order valence-corrected chi connectivity index (χ3v) is 5.53. The summed E-state index contributed by atoms with van der Waals surface area (Å²) in [5, 5.41) is 0. The predicted octanol–water partition coefficient (Wildman–Crippen LogP) is 3.24. The van der Waals surface area contributed by atoms with Crippen molar-refractivity contribution in [1.29, 1.82) is 0 Å². The van der Waals surface area contributed by atoms with E-state index in [9.17, 15) is 0 Å². The van der Waals surface area contributed by atoms with Crippen LogP contribution < -0.4 is 0 Å². The van der Waals surface area contributed by atoms with Crippen molar-refractivity contribution >= 4 is 8.80 Å². The lowest BCUT2D eigenvalue weighted by atomic mass is 10.4. The Morgan fingerprint density at radius 2 is 1.39 bits per heavy atom. The van der Waals surface area contributed by atoms with Gasteiger partial charge in [0, 0.05) is 25.9 Å². The van der Waals surface area contributed by atoms with E-state index < -0.39 is 8.80 Å². The zero-order chi connectivity index (χ0) is 13.7. The SMILES string of the molecule is CCCC[Si](OCC)(OCC)OCCOCCC. The molecule has 0 bridgehead atoms. The fraction of sp³-hybridized carbons (Fsp3) is 1.00. The Balaban J connectivity index is 4.14. The molecule has 0 saturated carbocycles. The van der Waals surface area contributed by atoms with Crippen molar-refractivity contribution in [2.45, 2.75) is 53.0 Å². The molecular weight excluding hydrogens is 248 g/mol. The molecule has 0 aromatic rings. The molecule has 5 heteroatoms. The zero-order valence-electron chi connectivity index (χ0n) is 12.5. The summed E-state index contributed by atoms with van der Waals surface area (Å²) >= 11 is 0. The van der Waals surface area contributed by atoms with E-state index in [1.54, 1.807) is 0 Å². The van der Waals surface area contributed by atoms with Gasteiger partial charge >= 0.3 is 8.80 Å². The van der Waals surface area contributed by atoms with Gasteiger partial charge in [-0.1, -0.05) is 20.3 Å². The minimum absolute atomic E-state index is 0.565. The minimum Gasteiger partial charge on any atom is -0.379 e.